The minimum absolute atomic E-state index is 0.149. The molecule has 2 aromatic carbocycles. The number of nitrogens with one attached hydrogen (secondary N) is 2. The van der Waals surface area contributed by atoms with Crippen molar-refractivity contribution in [2.24, 2.45) is 0 Å². The molecule has 1 amide bonds. The molecule has 1 aliphatic heterocycles. The number of benzene rings is 2. The van der Waals surface area contributed by atoms with Crippen molar-refractivity contribution in [3.8, 4) is 11.5 Å². The van der Waals surface area contributed by atoms with Gasteiger partial charge >= 0.3 is 0 Å². The summed E-state index contributed by atoms with van der Waals surface area (Å²) >= 11 is 6.03. The Balaban J connectivity index is 1.76. The number of carbonyl (C=O) groups excluding carboxylic acids is 1. The summed E-state index contributed by atoms with van der Waals surface area (Å²) in [4.78, 5) is 12.6. The third-order valence-corrected chi connectivity index (χ3v) is 4.76. The topological polar surface area (TPSA) is 59.6 Å². The lowest BCUT2D eigenvalue weighted by Gasteiger charge is -2.19. The van der Waals surface area contributed by atoms with Gasteiger partial charge in [-0.05, 0) is 51.5 Å². The molecule has 0 aliphatic carbocycles. The van der Waals surface area contributed by atoms with Crippen LogP contribution in [0.5, 0.6) is 11.5 Å². The number of carbonyl (C=O) groups is 1. The Labute approximate surface area is 165 Å². The standard InChI is InChI=1S/C21H25ClN2O3/c1-5-26-20-9-15-8-13(3)27-19(15)11-18(20)23-14(4)21(25)24-17-10-16(22)7-6-12(17)2/h6-7,9-11,13-14,23H,5,8H2,1-4H3,(H,24,25)/t13-,14-/m0/s1. The summed E-state index contributed by atoms with van der Waals surface area (Å²) in [6.07, 6.45) is 1.01. The average Bonchev–Trinajstić information content (AvgIpc) is 2.97. The molecule has 0 saturated carbocycles. The molecule has 0 aromatic heterocycles. The van der Waals surface area contributed by atoms with Gasteiger partial charge in [-0.15, -0.1) is 0 Å². The maximum atomic E-state index is 12.6. The molecule has 0 radical (unpaired) electrons. The molecule has 0 fully saturated rings. The molecule has 3 rings (SSSR count). The number of fused-ring (bicyclic) bond motifs is 1. The van der Waals surface area contributed by atoms with Crippen LogP contribution in [-0.4, -0.2) is 24.7 Å². The third kappa shape index (κ3) is 4.48. The van der Waals surface area contributed by atoms with Crippen molar-refractivity contribution in [2.45, 2.75) is 46.3 Å². The number of rotatable bonds is 6. The quantitative estimate of drug-likeness (QED) is 0.745. The molecule has 1 heterocycles. The number of hydrogen-bond acceptors (Lipinski definition) is 4. The fourth-order valence-corrected chi connectivity index (χ4v) is 3.27. The first-order chi connectivity index (χ1) is 12.9. The molecule has 2 atom stereocenters. The van der Waals surface area contributed by atoms with E-state index in [-0.39, 0.29) is 12.0 Å². The number of amides is 1. The van der Waals surface area contributed by atoms with E-state index in [2.05, 4.69) is 10.6 Å². The van der Waals surface area contributed by atoms with E-state index in [1.807, 2.05) is 45.9 Å². The van der Waals surface area contributed by atoms with Gasteiger partial charge in [-0.25, -0.2) is 0 Å². The monoisotopic (exact) mass is 388 g/mol. The smallest absolute Gasteiger partial charge is 0.246 e. The third-order valence-electron chi connectivity index (χ3n) is 4.52. The first-order valence-electron chi connectivity index (χ1n) is 9.17. The van der Waals surface area contributed by atoms with Gasteiger partial charge in [0.25, 0.3) is 0 Å². The number of anilines is 2. The zero-order valence-electron chi connectivity index (χ0n) is 16.1. The summed E-state index contributed by atoms with van der Waals surface area (Å²) in [5.74, 6) is 1.41. The van der Waals surface area contributed by atoms with Gasteiger partial charge in [0.2, 0.25) is 5.91 Å². The second kappa shape index (κ2) is 8.09. The molecular weight excluding hydrogens is 364 g/mol. The summed E-state index contributed by atoms with van der Waals surface area (Å²) in [6.45, 7) is 8.26. The minimum Gasteiger partial charge on any atom is -0.492 e. The van der Waals surface area contributed by atoms with Gasteiger partial charge in [-0.1, -0.05) is 17.7 Å². The van der Waals surface area contributed by atoms with E-state index >= 15 is 0 Å². The van der Waals surface area contributed by atoms with E-state index in [1.165, 1.54) is 0 Å². The van der Waals surface area contributed by atoms with Gasteiger partial charge in [-0.2, -0.15) is 0 Å². The van der Waals surface area contributed by atoms with E-state index in [9.17, 15) is 4.79 Å². The van der Waals surface area contributed by atoms with Crippen LogP contribution in [0.1, 0.15) is 31.9 Å². The molecule has 1 aliphatic rings. The predicted octanol–water partition coefficient (Wildman–Crippen LogP) is 4.81. The van der Waals surface area contributed by atoms with Gasteiger partial charge in [-0.3, -0.25) is 4.79 Å². The Morgan fingerprint density at radius 1 is 1.33 bits per heavy atom. The highest BCUT2D eigenvalue weighted by Crippen LogP contribution is 2.38. The summed E-state index contributed by atoms with van der Waals surface area (Å²) < 4.78 is 11.6. The molecular formula is C21H25ClN2O3. The maximum absolute atomic E-state index is 12.6. The summed E-state index contributed by atoms with van der Waals surface area (Å²) in [7, 11) is 0. The van der Waals surface area contributed by atoms with Gasteiger partial charge in [0, 0.05) is 28.8 Å². The van der Waals surface area contributed by atoms with Crippen LogP contribution in [0.2, 0.25) is 5.02 Å². The molecule has 144 valence electrons. The van der Waals surface area contributed by atoms with Gasteiger partial charge in [0.05, 0.1) is 12.3 Å². The zero-order valence-corrected chi connectivity index (χ0v) is 16.8. The van der Waals surface area contributed by atoms with Crippen molar-refractivity contribution in [3.05, 3.63) is 46.5 Å². The highest BCUT2D eigenvalue weighted by molar-refractivity contribution is 6.31. The Bertz CT molecular complexity index is 854. The van der Waals surface area contributed by atoms with Crippen molar-refractivity contribution in [1.82, 2.24) is 0 Å². The molecule has 0 spiro atoms. The van der Waals surface area contributed by atoms with Gasteiger partial charge in [0.15, 0.2) is 0 Å². The van der Waals surface area contributed by atoms with Gasteiger partial charge < -0.3 is 20.1 Å². The average molecular weight is 389 g/mol. The second-order valence-electron chi connectivity index (χ2n) is 6.84. The van der Waals surface area contributed by atoms with Crippen molar-refractivity contribution >= 4 is 28.9 Å². The van der Waals surface area contributed by atoms with Crippen molar-refractivity contribution in [3.63, 3.8) is 0 Å². The SMILES string of the molecule is CCOc1cc2c(cc1N[C@@H](C)C(=O)Nc1cc(Cl)ccc1C)O[C@@H](C)C2. The van der Waals surface area contributed by atoms with Crippen molar-refractivity contribution in [2.75, 3.05) is 17.2 Å². The summed E-state index contributed by atoms with van der Waals surface area (Å²) in [5.41, 5.74) is 3.53. The number of aryl methyl sites for hydroxylation is 1. The van der Waals surface area contributed by atoms with Crippen LogP contribution in [0, 0.1) is 6.92 Å². The van der Waals surface area contributed by atoms with Crippen LogP contribution in [0.4, 0.5) is 11.4 Å². The fourth-order valence-electron chi connectivity index (χ4n) is 3.10. The number of hydrogen-bond donors (Lipinski definition) is 2. The zero-order chi connectivity index (χ0) is 19.6. The number of halogens is 1. The van der Waals surface area contributed by atoms with Crippen molar-refractivity contribution < 1.29 is 14.3 Å². The molecule has 0 bridgehead atoms. The molecule has 5 nitrogen and oxygen atoms in total. The molecule has 2 N–H and O–H groups in total. The highest BCUT2D eigenvalue weighted by atomic mass is 35.5. The Kier molecular flexibility index (Phi) is 5.80. The molecule has 2 aromatic rings. The largest absolute Gasteiger partial charge is 0.492 e. The normalized spacial score (nSPS) is 16.3. The van der Waals surface area contributed by atoms with E-state index < -0.39 is 6.04 Å². The van der Waals surface area contributed by atoms with Crippen LogP contribution < -0.4 is 20.1 Å². The molecule has 27 heavy (non-hydrogen) atoms. The maximum Gasteiger partial charge on any atom is 0.246 e. The Morgan fingerprint density at radius 2 is 2.11 bits per heavy atom. The lowest BCUT2D eigenvalue weighted by atomic mass is 10.1. The summed E-state index contributed by atoms with van der Waals surface area (Å²) in [6, 6.07) is 8.86. The second-order valence-corrected chi connectivity index (χ2v) is 7.27. The Morgan fingerprint density at radius 3 is 2.85 bits per heavy atom. The van der Waals surface area contributed by atoms with E-state index in [1.54, 1.807) is 12.1 Å². The van der Waals surface area contributed by atoms with Crippen LogP contribution in [0.15, 0.2) is 30.3 Å². The van der Waals surface area contributed by atoms with E-state index in [4.69, 9.17) is 21.1 Å². The first kappa shape index (κ1) is 19.4. The van der Waals surface area contributed by atoms with E-state index in [0.717, 1.165) is 34.7 Å². The minimum atomic E-state index is -0.473. The lowest BCUT2D eigenvalue weighted by Crippen LogP contribution is -2.32. The fraction of sp³-hybridized carbons (Fsp3) is 0.381. The van der Waals surface area contributed by atoms with Crippen LogP contribution in [0.3, 0.4) is 0 Å². The first-order valence-corrected chi connectivity index (χ1v) is 9.55. The van der Waals surface area contributed by atoms with Gasteiger partial charge in [0.1, 0.15) is 23.6 Å². The Hall–Kier alpha value is -2.40. The van der Waals surface area contributed by atoms with E-state index in [0.29, 0.717) is 17.3 Å². The molecule has 6 heteroatoms. The van der Waals surface area contributed by atoms with Crippen molar-refractivity contribution in [1.29, 1.82) is 0 Å². The van der Waals surface area contributed by atoms with Crippen LogP contribution >= 0.6 is 11.6 Å². The van der Waals surface area contributed by atoms with Crippen LogP contribution in [0.25, 0.3) is 0 Å². The predicted molar refractivity (Wildman–Crippen MR) is 109 cm³/mol. The lowest BCUT2D eigenvalue weighted by molar-refractivity contribution is -0.116. The number of ether oxygens (including phenoxy) is 2. The molecule has 0 unspecified atom stereocenters. The molecule has 0 saturated heterocycles. The summed E-state index contributed by atoms with van der Waals surface area (Å²) in [5, 5.41) is 6.75. The highest BCUT2D eigenvalue weighted by Gasteiger charge is 2.23. The van der Waals surface area contributed by atoms with Crippen LogP contribution in [-0.2, 0) is 11.2 Å².